The topological polar surface area (TPSA) is 64.2 Å². The van der Waals surface area contributed by atoms with E-state index in [4.69, 9.17) is 5.11 Å². The van der Waals surface area contributed by atoms with Crippen LogP contribution < -0.4 is 11.2 Å². The molecule has 1 aromatic rings. The normalized spacial score (nSPS) is 12.2. The standard InChI is InChI=1S/C11H15F3N2O3/c1-6(2)16-9(18)7(4-5-17)8(11(12,13)14)15(3)10(16)19/h6,17H,4-5H2,1-3H3. The first-order valence-corrected chi connectivity index (χ1v) is 5.65. The van der Waals surface area contributed by atoms with Gasteiger partial charge in [-0.15, -0.1) is 0 Å². The van der Waals surface area contributed by atoms with Crippen molar-refractivity contribution in [1.82, 2.24) is 9.13 Å². The number of alkyl halides is 3. The Balaban J connectivity index is 3.86. The fourth-order valence-electron chi connectivity index (χ4n) is 1.95. The lowest BCUT2D eigenvalue weighted by molar-refractivity contribution is -0.144. The molecule has 0 radical (unpaired) electrons. The first kappa shape index (κ1) is 15.5. The van der Waals surface area contributed by atoms with Crippen LogP contribution in [0.2, 0.25) is 0 Å². The van der Waals surface area contributed by atoms with E-state index in [0.717, 1.165) is 11.6 Å². The lowest BCUT2D eigenvalue weighted by Crippen LogP contribution is -2.45. The van der Waals surface area contributed by atoms with Crippen LogP contribution in [-0.2, 0) is 19.6 Å². The van der Waals surface area contributed by atoms with Gasteiger partial charge in [-0.1, -0.05) is 0 Å². The fraction of sp³-hybridized carbons (Fsp3) is 0.636. The van der Waals surface area contributed by atoms with Gasteiger partial charge >= 0.3 is 11.9 Å². The molecule has 0 unspecified atom stereocenters. The van der Waals surface area contributed by atoms with E-state index >= 15 is 0 Å². The zero-order valence-corrected chi connectivity index (χ0v) is 10.8. The Labute approximate surface area is 106 Å². The Kier molecular flexibility index (Phi) is 4.24. The van der Waals surface area contributed by atoms with Crippen LogP contribution >= 0.6 is 0 Å². The Morgan fingerprint density at radius 3 is 2.16 bits per heavy atom. The lowest BCUT2D eigenvalue weighted by Gasteiger charge is -2.19. The van der Waals surface area contributed by atoms with Crippen LogP contribution in [-0.4, -0.2) is 20.8 Å². The van der Waals surface area contributed by atoms with Crippen molar-refractivity contribution in [3.63, 3.8) is 0 Å². The summed E-state index contributed by atoms with van der Waals surface area (Å²) in [6, 6.07) is -0.564. The van der Waals surface area contributed by atoms with Crippen molar-refractivity contribution in [2.24, 2.45) is 7.05 Å². The highest BCUT2D eigenvalue weighted by Crippen LogP contribution is 2.29. The third-order valence-corrected chi connectivity index (χ3v) is 2.74. The van der Waals surface area contributed by atoms with Crippen molar-refractivity contribution in [2.45, 2.75) is 32.5 Å². The van der Waals surface area contributed by atoms with Crippen LogP contribution in [0.1, 0.15) is 31.1 Å². The van der Waals surface area contributed by atoms with E-state index in [-0.39, 0.29) is 0 Å². The molecule has 0 saturated heterocycles. The molecule has 0 aliphatic heterocycles. The third-order valence-electron chi connectivity index (χ3n) is 2.74. The molecule has 0 saturated carbocycles. The average molecular weight is 280 g/mol. The van der Waals surface area contributed by atoms with Gasteiger partial charge in [-0.05, 0) is 13.8 Å². The van der Waals surface area contributed by atoms with Crippen LogP contribution in [0, 0.1) is 0 Å². The summed E-state index contributed by atoms with van der Waals surface area (Å²) in [4.78, 5) is 23.8. The Morgan fingerprint density at radius 2 is 1.79 bits per heavy atom. The number of aliphatic hydroxyl groups excluding tert-OH is 1. The number of aliphatic hydroxyl groups is 1. The van der Waals surface area contributed by atoms with Crippen LogP contribution in [0.5, 0.6) is 0 Å². The van der Waals surface area contributed by atoms with Gasteiger partial charge in [-0.2, -0.15) is 13.2 Å². The predicted molar refractivity (Wildman–Crippen MR) is 62.1 cm³/mol. The number of halogens is 3. The first-order valence-electron chi connectivity index (χ1n) is 5.65. The van der Waals surface area contributed by atoms with Crippen molar-refractivity contribution in [1.29, 1.82) is 0 Å². The molecule has 0 atom stereocenters. The molecule has 108 valence electrons. The largest absolute Gasteiger partial charge is 0.432 e. The molecule has 0 aliphatic rings. The van der Waals surface area contributed by atoms with Crippen molar-refractivity contribution in [3.05, 3.63) is 32.1 Å². The first-order chi connectivity index (χ1) is 8.62. The van der Waals surface area contributed by atoms with Crippen LogP contribution in [0.4, 0.5) is 13.2 Å². The highest BCUT2D eigenvalue weighted by molar-refractivity contribution is 5.22. The lowest BCUT2D eigenvalue weighted by atomic mass is 10.1. The molecule has 8 heteroatoms. The van der Waals surface area contributed by atoms with E-state index < -0.39 is 47.8 Å². The van der Waals surface area contributed by atoms with E-state index in [1.54, 1.807) is 0 Å². The summed E-state index contributed by atoms with van der Waals surface area (Å²) in [6.45, 7) is 2.45. The van der Waals surface area contributed by atoms with Crippen molar-refractivity contribution in [2.75, 3.05) is 6.61 Å². The molecule has 1 N–H and O–H groups in total. The molecule has 0 amide bonds. The zero-order valence-electron chi connectivity index (χ0n) is 10.8. The van der Waals surface area contributed by atoms with E-state index in [1.807, 2.05) is 0 Å². The number of hydrogen-bond acceptors (Lipinski definition) is 3. The summed E-state index contributed by atoms with van der Waals surface area (Å²) >= 11 is 0. The maximum atomic E-state index is 12.9. The van der Waals surface area contributed by atoms with Gasteiger partial charge in [-0.3, -0.25) is 13.9 Å². The van der Waals surface area contributed by atoms with Crippen molar-refractivity contribution >= 4 is 0 Å². The van der Waals surface area contributed by atoms with Gasteiger partial charge in [0.05, 0.1) is 0 Å². The molecule has 0 bridgehead atoms. The number of hydrogen-bond donors (Lipinski definition) is 1. The molecule has 5 nitrogen and oxygen atoms in total. The molecule has 1 aromatic heterocycles. The summed E-state index contributed by atoms with van der Waals surface area (Å²) in [7, 11) is 0.963. The van der Waals surface area contributed by atoms with E-state index in [2.05, 4.69) is 0 Å². The highest BCUT2D eigenvalue weighted by Gasteiger charge is 2.38. The summed E-state index contributed by atoms with van der Waals surface area (Å²) < 4.78 is 40.0. The molecule has 0 spiro atoms. The highest BCUT2D eigenvalue weighted by atomic mass is 19.4. The predicted octanol–water partition coefficient (Wildman–Crippen LogP) is 0.681. The van der Waals surface area contributed by atoms with Gasteiger partial charge in [0.2, 0.25) is 0 Å². The average Bonchev–Trinajstić information content (AvgIpc) is 2.24. The molecular formula is C11H15F3N2O3. The Morgan fingerprint density at radius 1 is 1.26 bits per heavy atom. The number of aromatic nitrogens is 2. The minimum Gasteiger partial charge on any atom is -0.396 e. The summed E-state index contributed by atoms with van der Waals surface area (Å²) in [5, 5.41) is 8.82. The minimum atomic E-state index is -4.83. The zero-order chi connectivity index (χ0) is 15.0. The van der Waals surface area contributed by atoms with Gasteiger partial charge in [0, 0.05) is 31.7 Å². The third kappa shape index (κ3) is 2.73. The van der Waals surface area contributed by atoms with Gasteiger partial charge in [0.15, 0.2) is 0 Å². The van der Waals surface area contributed by atoms with Crippen LogP contribution in [0.25, 0.3) is 0 Å². The number of nitrogens with zero attached hydrogens (tertiary/aromatic N) is 2. The summed E-state index contributed by atoms with van der Waals surface area (Å²) in [6.07, 6.45) is -5.28. The maximum absolute atomic E-state index is 12.9. The number of rotatable bonds is 3. The second-order valence-electron chi connectivity index (χ2n) is 4.41. The Hall–Kier alpha value is -1.57. The summed E-state index contributed by atoms with van der Waals surface area (Å²) in [5.41, 5.74) is -3.91. The van der Waals surface area contributed by atoms with Gasteiger partial charge in [0.1, 0.15) is 5.69 Å². The maximum Gasteiger partial charge on any atom is 0.432 e. The molecule has 0 aliphatic carbocycles. The quantitative estimate of drug-likeness (QED) is 0.885. The SMILES string of the molecule is CC(C)n1c(=O)c(CCO)c(C(F)(F)F)n(C)c1=O. The second kappa shape index (κ2) is 5.20. The molecule has 1 rings (SSSR count). The molecular weight excluding hydrogens is 265 g/mol. The van der Waals surface area contributed by atoms with Crippen LogP contribution in [0.15, 0.2) is 9.59 Å². The molecule has 0 fully saturated rings. The van der Waals surface area contributed by atoms with Crippen LogP contribution in [0.3, 0.4) is 0 Å². The molecule has 1 heterocycles. The van der Waals surface area contributed by atoms with Crippen molar-refractivity contribution < 1.29 is 18.3 Å². The monoisotopic (exact) mass is 280 g/mol. The Bertz CT molecular complexity index is 585. The van der Waals surface area contributed by atoms with E-state index in [1.165, 1.54) is 13.8 Å². The molecule has 19 heavy (non-hydrogen) atoms. The van der Waals surface area contributed by atoms with Gasteiger partial charge in [-0.25, -0.2) is 4.79 Å². The van der Waals surface area contributed by atoms with Gasteiger partial charge < -0.3 is 5.11 Å². The smallest absolute Gasteiger partial charge is 0.396 e. The minimum absolute atomic E-state index is 0.409. The van der Waals surface area contributed by atoms with E-state index in [0.29, 0.717) is 4.57 Å². The summed E-state index contributed by atoms with van der Waals surface area (Å²) in [5.74, 6) is 0. The second-order valence-corrected chi connectivity index (χ2v) is 4.41. The van der Waals surface area contributed by atoms with E-state index in [9.17, 15) is 22.8 Å². The van der Waals surface area contributed by atoms with Gasteiger partial charge in [0.25, 0.3) is 5.56 Å². The molecule has 0 aromatic carbocycles. The fourth-order valence-corrected chi connectivity index (χ4v) is 1.95. The van der Waals surface area contributed by atoms with Crippen molar-refractivity contribution in [3.8, 4) is 0 Å².